The number of amides is 2. The van der Waals surface area contributed by atoms with Crippen molar-refractivity contribution in [3.63, 3.8) is 0 Å². The van der Waals surface area contributed by atoms with E-state index in [4.69, 9.17) is 5.73 Å². The lowest BCUT2D eigenvalue weighted by Gasteiger charge is -2.21. The Balaban J connectivity index is 2.86. The van der Waals surface area contributed by atoms with Crippen LogP contribution in [0.25, 0.3) is 0 Å². The third kappa shape index (κ3) is 3.29. The molecule has 2 amide bonds. The standard InChI is InChI=1S/C13H17FN2O2/c1-3-8(2)11(12(15)17)16-13(18)9-6-4-5-7-10(9)14/h4-8,11H,3H2,1-2H3,(H2,15,17)(H,16,18)/t8-,11+/m1/s1. The number of nitrogens with one attached hydrogen (secondary N) is 1. The molecule has 0 aromatic heterocycles. The Bertz CT molecular complexity index is 448. The van der Waals surface area contributed by atoms with Gasteiger partial charge in [0.05, 0.1) is 5.56 Å². The van der Waals surface area contributed by atoms with E-state index in [0.717, 1.165) is 0 Å². The lowest BCUT2D eigenvalue weighted by molar-refractivity contribution is -0.120. The number of carbonyl (C=O) groups is 2. The number of primary amides is 1. The molecular formula is C13H17FN2O2. The SMILES string of the molecule is CC[C@@H](C)[C@H](NC(=O)c1ccccc1F)C(N)=O. The zero-order valence-electron chi connectivity index (χ0n) is 10.4. The predicted octanol–water partition coefficient (Wildman–Crippen LogP) is 1.46. The van der Waals surface area contributed by atoms with Crippen LogP contribution in [-0.2, 0) is 4.79 Å². The minimum atomic E-state index is -0.790. The van der Waals surface area contributed by atoms with Crippen LogP contribution in [-0.4, -0.2) is 17.9 Å². The maximum absolute atomic E-state index is 13.4. The van der Waals surface area contributed by atoms with E-state index in [1.807, 2.05) is 6.92 Å². The summed E-state index contributed by atoms with van der Waals surface area (Å²) in [6.45, 7) is 3.69. The fourth-order valence-corrected chi connectivity index (χ4v) is 1.59. The quantitative estimate of drug-likeness (QED) is 0.832. The molecule has 0 heterocycles. The summed E-state index contributed by atoms with van der Waals surface area (Å²) in [5, 5.41) is 2.47. The number of rotatable bonds is 5. The molecule has 1 rings (SSSR count). The van der Waals surface area contributed by atoms with Crippen LogP contribution in [0.4, 0.5) is 4.39 Å². The molecule has 2 atom stereocenters. The van der Waals surface area contributed by atoms with E-state index >= 15 is 0 Å². The van der Waals surface area contributed by atoms with Crippen LogP contribution < -0.4 is 11.1 Å². The van der Waals surface area contributed by atoms with Crippen molar-refractivity contribution in [3.05, 3.63) is 35.6 Å². The molecule has 4 nitrogen and oxygen atoms in total. The molecule has 0 unspecified atom stereocenters. The summed E-state index contributed by atoms with van der Waals surface area (Å²) in [7, 11) is 0. The number of hydrogen-bond donors (Lipinski definition) is 2. The topological polar surface area (TPSA) is 72.2 Å². The zero-order chi connectivity index (χ0) is 13.7. The summed E-state index contributed by atoms with van der Waals surface area (Å²) >= 11 is 0. The molecule has 0 saturated heterocycles. The highest BCUT2D eigenvalue weighted by molar-refractivity contribution is 5.97. The van der Waals surface area contributed by atoms with E-state index in [9.17, 15) is 14.0 Å². The van der Waals surface area contributed by atoms with Crippen molar-refractivity contribution in [2.75, 3.05) is 0 Å². The van der Waals surface area contributed by atoms with Crippen LogP contribution in [0.3, 0.4) is 0 Å². The van der Waals surface area contributed by atoms with E-state index in [1.165, 1.54) is 18.2 Å². The Morgan fingerprint density at radius 2 is 2.00 bits per heavy atom. The van der Waals surface area contributed by atoms with Crippen molar-refractivity contribution in [2.45, 2.75) is 26.3 Å². The maximum Gasteiger partial charge on any atom is 0.254 e. The van der Waals surface area contributed by atoms with Crippen LogP contribution in [0.2, 0.25) is 0 Å². The molecule has 0 aliphatic carbocycles. The van der Waals surface area contributed by atoms with Gasteiger partial charge in [-0.15, -0.1) is 0 Å². The fraction of sp³-hybridized carbons (Fsp3) is 0.385. The molecule has 3 N–H and O–H groups in total. The minimum absolute atomic E-state index is 0.0907. The van der Waals surface area contributed by atoms with Gasteiger partial charge in [-0.25, -0.2) is 4.39 Å². The fourth-order valence-electron chi connectivity index (χ4n) is 1.59. The van der Waals surface area contributed by atoms with Gasteiger partial charge in [0.1, 0.15) is 11.9 Å². The number of nitrogens with two attached hydrogens (primary N) is 1. The number of halogens is 1. The van der Waals surface area contributed by atoms with Crippen molar-refractivity contribution in [2.24, 2.45) is 11.7 Å². The lowest BCUT2D eigenvalue weighted by atomic mass is 9.98. The van der Waals surface area contributed by atoms with Crippen molar-refractivity contribution in [1.82, 2.24) is 5.32 Å². The van der Waals surface area contributed by atoms with Gasteiger partial charge >= 0.3 is 0 Å². The molecule has 0 bridgehead atoms. The number of hydrogen-bond acceptors (Lipinski definition) is 2. The molecule has 98 valence electrons. The summed E-state index contributed by atoms with van der Waals surface area (Å²) in [5.74, 6) is -1.97. The summed E-state index contributed by atoms with van der Waals surface area (Å²) < 4.78 is 13.4. The van der Waals surface area contributed by atoms with Crippen LogP contribution >= 0.6 is 0 Å². The first-order chi connectivity index (χ1) is 8.47. The molecule has 0 aliphatic rings. The molecule has 1 aromatic carbocycles. The van der Waals surface area contributed by atoms with Crippen LogP contribution in [0, 0.1) is 11.7 Å². The third-order valence-corrected chi connectivity index (χ3v) is 2.92. The van der Waals surface area contributed by atoms with Gasteiger partial charge in [-0.05, 0) is 18.1 Å². The zero-order valence-corrected chi connectivity index (χ0v) is 10.4. The van der Waals surface area contributed by atoms with E-state index < -0.39 is 23.7 Å². The molecular weight excluding hydrogens is 235 g/mol. The van der Waals surface area contributed by atoms with E-state index in [2.05, 4.69) is 5.32 Å². The highest BCUT2D eigenvalue weighted by Gasteiger charge is 2.24. The monoisotopic (exact) mass is 252 g/mol. The van der Waals surface area contributed by atoms with Crippen molar-refractivity contribution in [3.8, 4) is 0 Å². The molecule has 0 spiro atoms. The average molecular weight is 252 g/mol. The average Bonchev–Trinajstić information content (AvgIpc) is 2.35. The first kappa shape index (κ1) is 14.2. The van der Waals surface area contributed by atoms with E-state index in [-0.39, 0.29) is 11.5 Å². The molecule has 5 heteroatoms. The van der Waals surface area contributed by atoms with Gasteiger partial charge < -0.3 is 11.1 Å². The molecule has 0 saturated carbocycles. The molecule has 0 fully saturated rings. The normalized spacial score (nSPS) is 13.7. The van der Waals surface area contributed by atoms with Gasteiger partial charge in [-0.3, -0.25) is 9.59 Å². The van der Waals surface area contributed by atoms with Gasteiger partial charge in [-0.1, -0.05) is 32.4 Å². The summed E-state index contributed by atoms with van der Waals surface area (Å²) in [6.07, 6.45) is 0.686. The Morgan fingerprint density at radius 1 is 1.39 bits per heavy atom. The Hall–Kier alpha value is -1.91. The van der Waals surface area contributed by atoms with Crippen LogP contribution in [0.5, 0.6) is 0 Å². The second-order valence-electron chi connectivity index (χ2n) is 4.22. The van der Waals surface area contributed by atoms with Gasteiger partial charge in [0.25, 0.3) is 5.91 Å². The molecule has 0 aliphatic heterocycles. The van der Waals surface area contributed by atoms with Gasteiger partial charge in [0.15, 0.2) is 0 Å². The first-order valence-electron chi connectivity index (χ1n) is 5.82. The highest BCUT2D eigenvalue weighted by Crippen LogP contribution is 2.10. The van der Waals surface area contributed by atoms with Gasteiger partial charge in [-0.2, -0.15) is 0 Å². The Morgan fingerprint density at radius 3 is 2.50 bits per heavy atom. The highest BCUT2D eigenvalue weighted by atomic mass is 19.1. The summed E-state index contributed by atoms with van der Waals surface area (Å²) in [4.78, 5) is 23.1. The van der Waals surface area contributed by atoms with E-state index in [1.54, 1.807) is 13.0 Å². The van der Waals surface area contributed by atoms with E-state index in [0.29, 0.717) is 6.42 Å². The second-order valence-corrected chi connectivity index (χ2v) is 4.22. The maximum atomic E-state index is 13.4. The van der Waals surface area contributed by atoms with Crippen molar-refractivity contribution < 1.29 is 14.0 Å². The lowest BCUT2D eigenvalue weighted by Crippen LogP contribution is -2.48. The first-order valence-corrected chi connectivity index (χ1v) is 5.82. The second kappa shape index (κ2) is 6.14. The molecule has 18 heavy (non-hydrogen) atoms. The largest absolute Gasteiger partial charge is 0.368 e. The third-order valence-electron chi connectivity index (χ3n) is 2.92. The number of carbonyl (C=O) groups excluding carboxylic acids is 2. The minimum Gasteiger partial charge on any atom is -0.368 e. The van der Waals surface area contributed by atoms with Crippen LogP contribution in [0.15, 0.2) is 24.3 Å². The molecule has 0 radical (unpaired) electrons. The van der Waals surface area contributed by atoms with Crippen molar-refractivity contribution >= 4 is 11.8 Å². The van der Waals surface area contributed by atoms with Crippen LogP contribution in [0.1, 0.15) is 30.6 Å². The Labute approximate surface area is 105 Å². The van der Waals surface area contributed by atoms with Gasteiger partial charge in [0.2, 0.25) is 5.91 Å². The molecule has 1 aromatic rings. The summed E-state index contributed by atoms with van der Waals surface area (Å²) in [6, 6.07) is 4.81. The Kier molecular flexibility index (Phi) is 4.83. The van der Waals surface area contributed by atoms with Gasteiger partial charge in [0, 0.05) is 0 Å². The van der Waals surface area contributed by atoms with Crippen molar-refractivity contribution in [1.29, 1.82) is 0 Å². The smallest absolute Gasteiger partial charge is 0.254 e. The summed E-state index contributed by atoms with van der Waals surface area (Å²) in [5.41, 5.74) is 5.14. The predicted molar refractivity (Wildman–Crippen MR) is 66.3 cm³/mol. The number of benzene rings is 1.